The molecule has 0 aromatic carbocycles. The zero-order valence-electron chi connectivity index (χ0n) is 7.97. The number of nitrogens with one attached hydrogen (secondary N) is 1. The Balaban J connectivity index is 2.48. The highest BCUT2D eigenvalue weighted by Crippen LogP contribution is 2.08. The normalized spacial score (nSPS) is 10.1. The van der Waals surface area contributed by atoms with Crippen molar-refractivity contribution >= 4 is 5.82 Å². The molecule has 2 rings (SSSR count). The molecule has 0 bridgehead atoms. The van der Waals surface area contributed by atoms with Gasteiger partial charge in [0.1, 0.15) is 24.3 Å². The van der Waals surface area contributed by atoms with Crippen molar-refractivity contribution in [2.24, 2.45) is 0 Å². The summed E-state index contributed by atoms with van der Waals surface area (Å²) in [4.78, 5) is 12.3. The molecule has 0 spiro atoms. The fourth-order valence-electron chi connectivity index (χ4n) is 1.12. The van der Waals surface area contributed by atoms with Gasteiger partial charge in [0.2, 0.25) is 0 Å². The summed E-state index contributed by atoms with van der Waals surface area (Å²) in [6.45, 7) is 1.83. The van der Waals surface area contributed by atoms with Gasteiger partial charge >= 0.3 is 0 Å². The van der Waals surface area contributed by atoms with Crippen LogP contribution in [0.2, 0.25) is 0 Å². The Kier molecular flexibility index (Phi) is 2.10. The lowest BCUT2D eigenvalue weighted by Gasteiger charge is -2.04. The standard InChI is InChI=1S/C8H10N6/c1-6-12-7(9-2)3-8(13-6)14-5-10-4-11-14/h3-5H,1-2H3,(H,9,12,13). The summed E-state index contributed by atoms with van der Waals surface area (Å²) in [6, 6.07) is 1.81. The Morgan fingerprint density at radius 1 is 1.36 bits per heavy atom. The van der Waals surface area contributed by atoms with E-state index in [9.17, 15) is 0 Å². The molecule has 6 heteroatoms. The molecule has 72 valence electrons. The van der Waals surface area contributed by atoms with Crippen molar-refractivity contribution in [2.45, 2.75) is 6.92 Å². The number of nitrogens with zero attached hydrogens (tertiary/aromatic N) is 5. The third kappa shape index (κ3) is 1.54. The number of aromatic nitrogens is 5. The molecule has 2 aromatic heterocycles. The second kappa shape index (κ2) is 3.41. The van der Waals surface area contributed by atoms with Crippen molar-refractivity contribution in [3.63, 3.8) is 0 Å². The number of hydrogen-bond donors (Lipinski definition) is 1. The Labute approximate surface area is 81.0 Å². The monoisotopic (exact) mass is 190 g/mol. The number of hydrogen-bond acceptors (Lipinski definition) is 5. The minimum atomic E-state index is 0.697. The summed E-state index contributed by atoms with van der Waals surface area (Å²) in [7, 11) is 1.81. The summed E-state index contributed by atoms with van der Waals surface area (Å²) in [6.07, 6.45) is 3.07. The zero-order valence-corrected chi connectivity index (χ0v) is 7.97. The molecule has 0 saturated heterocycles. The van der Waals surface area contributed by atoms with E-state index < -0.39 is 0 Å². The maximum Gasteiger partial charge on any atom is 0.160 e. The van der Waals surface area contributed by atoms with Crippen LogP contribution >= 0.6 is 0 Å². The molecule has 0 amide bonds. The number of aryl methyl sites for hydroxylation is 1. The van der Waals surface area contributed by atoms with E-state index in [4.69, 9.17) is 0 Å². The van der Waals surface area contributed by atoms with Crippen LogP contribution < -0.4 is 5.32 Å². The third-order valence-electron chi connectivity index (χ3n) is 1.73. The Morgan fingerprint density at radius 2 is 2.21 bits per heavy atom. The molecule has 0 unspecified atom stereocenters. The van der Waals surface area contributed by atoms with E-state index in [2.05, 4.69) is 25.4 Å². The van der Waals surface area contributed by atoms with Gasteiger partial charge < -0.3 is 5.32 Å². The first-order valence-corrected chi connectivity index (χ1v) is 4.18. The van der Waals surface area contributed by atoms with Crippen LogP contribution in [0.3, 0.4) is 0 Å². The first kappa shape index (κ1) is 8.61. The lowest BCUT2D eigenvalue weighted by atomic mass is 10.5. The highest BCUT2D eigenvalue weighted by molar-refractivity contribution is 5.40. The number of anilines is 1. The highest BCUT2D eigenvalue weighted by atomic mass is 15.3. The van der Waals surface area contributed by atoms with Crippen molar-refractivity contribution in [1.29, 1.82) is 0 Å². The van der Waals surface area contributed by atoms with Crippen LogP contribution in [0.25, 0.3) is 5.82 Å². The van der Waals surface area contributed by atoms with E-state index in [0.29, 0.717) is 11.6 Å². The summed E-state index contributed by atoms with van der Waals surface area (Å²) >= 11 is 0. The second-order valence-corrected chi connectivity index (χ2v) is 2.75. The lowest BCUT2D eigenvalue weighted by Crippen LogP contribution is -2.03. The largest absolute Gasteiger partial charge is 0.373 e. The van der Waals surface area contributed by atoms with Crippen LogP contribution in [0.5, 0.6) is 0 Å². The van der Waals surface area contributed by atoms with Crippen molar-refractivity contribution in [2.75, 3.05) is 12.4 Å². The molecule has 0 atom stereocenters. The van der Waals surface area contributed by atoms with E-state index in [1.54, 1.807) is 11.0 Å². The molecule has 0 aliphatic rings. The lowest BCUT2D eigenvalue weighted by molar-refractivity contribution is 0.828. The molecule has 0 fully saturated rings. The van der Waals surface area contributed by atoms with Gasteiger partial charge in [-0.25, -0.2) is 19.6 Å². The maximum atomic E-state index is 4.23. The van der Waals surface area contributed by atoms with E-state index >= 15 is 0 Å². The van der Waals surface area contributed by atoms with Gasteiger partial charge in [0.25, 0.3) is 0 Å². The van der Waals surface area contributed by atoms with E-state index in [-0.39, 0.29) is 0 Å². The molecule has 6 nitrogen and oxygen atoms in total. The summed E-state index contributed by atoms with van der Waals surface area (Å²) in [5, 5.41) is 6.95. The maximum absolute atomic E-state index is 4.23. The molecule has 1 N–H and O–H groups in total. The third-order valence-corrected chi connectivity index (χ3v) is 1.73. The van der Waals surface area contributed by atoms with Crippen molar-refractivity contribution < 1.29 is 0 Å². The first-order valence-electron chi connectivity index (χ1n) is 4.18. The molecular weight excluding hydrogens is 180 g/mol. The zero-order chi connectivity index (χ0) is 9.97. The van der Waals surface area contributed by atoms with Gasteiger partial charge in [0.15, 0.2) is 5.82 Å². The predicted molar refractivity (Wildman–Crippen MR) is 51.2 cm³/mol. The first-order chi connectivity index (χ1) is 6.79. The molecule has 0 radical (unpaired) electrons. The fraction of sp³-hybridized carbons (Fsp3) is 0.250. The Morgan fingerprint density at radius 3 is 2.86 bits per heavy atom. The Hall–Kier alpha value is -1.98. The van der Waals surface area contributed by atoms with Gasteiger partial charge in [-0.3, -0.25) is 0 Å². The Bertz CT molecular complexity index is 421. The SMILES string of the molecule is CNc1cc(-n2cncn2)nc(C)n1. The molecule has 0 aliphatic heterocycles. The molecule has 0 saturated carbocycles. The van der Waals surface area contributed by atoms with Gasteiger partial charge in [-0.1, -0.05) is 0 Å². The van der Waals surface area contributed by atoms with Gasteiger partial charge in [-0.2, -0.15) is 5.10 Å². The van der Waals surface area contributed by atoms with Crippen LogP contribution in [0.1, 0.15) is 5.82 Å². The topological polar surface area (TPSA) is 68.5 Å². The van der Waals surface area contributed by atoms with Crippen molar-refractivity contribution in [3.05, 3.63) is 24.5 Å². The summed E-state index contributed by atoms with van der Waals surface area (Å²) in [5.74, 6) is 2.17. The van der Waals surface area contributed by atoms with E-state index in [1.165, 1.54) is 6.33 Å². The fourth-order valence-corrected chi connectivity index (χ4v) is 1.12. The molecule has 14 heavy (non-hydrogen) atoms. The van der Waals surface area contributed by atoms with Crippen molar-refractivity contribution in [1.82, 2.24) is 24.7 Å². The molecule has 2 aromatic rings. The minimum absolute atomic E-state index is 0.697. The van der Waals surface area contributed by atoms with Crippen LogP contribution in [0, 0.1) is 6.92 Å². The average Bonchev–Trinajstić information content (AvgIpc) is 2.69. The van der Waals surface area contributed by atoms with Gasteiger partial charge in [-0.05, 0) is 6.92 Å². The smallest absolute Gasteiger partial charge is 0.160 e. The molecule has 0 aliphatic carbocycles. The van der Waals surface area contributed by atoms with E-state index in [1.807, 2.05) is 20.0 Å². The summed E-state index contributed by atoms with van der Waals surface area (Å²) < 4.78 is 1.59. The van der Waals surface area contributed by atoms with Crippen LogP contribution in [-0.2, 0) is 0 Å². The second-order valence-electron chi connectivity index (χ2n) is 2.75. The van der Waals surface area contributed by atoms with Crippen LogP contribution in [-0.4, -0.2) is 31.8 Å². The van der Waals surface area contributed by atoms with Gasteiger partial charge in [0, 0.05) is 13.1 Å². The molecule has 2 heterocycles. The number of rotatable bonds is 2. The van der Waals surface area contributed by atoms with Crippen LogP contribution in [0.15, 0.2) is 18.7 Å². The minimum Gasteiger partial charge on any atom is -0.373 e. The quantitative estimate of drug-likeness (QED) is 0.742. The van der Waals surface area contributed by atoms with Crippen LogP contribution in [0.4, 0.5) is 5.82 Å². The predicted octanol–water partition coefficient (Wildman–Crippen LogP) is 0.407. The molecular formula is C8H10N6. The van der Waals surface area contributed by atoms with Crippen molar-refractivity contribution in [3.8, 4) is 5.82 Å². The highest BCUT2D eigenvalue weighted by Gasteiger charge is 2.02. The van der Waals surface area contributed by atoms with E-state index in [0.717, 1.165) is 5.82 Å². The van der Waals surface area contributed by atoms with Gasteiger partial charge in [0.05, 0.1) is 0 Å². The summed E-state index contributed by atoms with van der Waals surface area (Å²) in [5.41, 5.74) is 0. The van der Waals surface area contributed by atoms with Gasteiger partial charge in [-0.15, -0.1) is 0 Å². The average molecular weight is 190 g/mol.